The molecule has 1 N–H and O–H groups in total. The van der Waals surface area contributed by atoms with Gasteiger partial charge in [0, 0.05) is 26.9 Å². The van der Waals surface area contributed by atoms with E-state index in [4.69, 9.17) is 0 Å². The van der Waals surface area contributed by atoms with Gasteiger partial charge in [0.2, 0.25) is 0 Å². The second-order valence-electron chi connectivity index (χ2n) is 4.57. The van der Waals surface area contributed by atoms with Gasteiger partial charge < -0.3 is 5.32 Å². The Labute approximate surface area is 141 Å². The lowest BCUT2D eigenvalue weighted by Gasteiger charge is -2.22. The zero-order chi connectivity index (χ0) is 15.2. The summed E-state index contributed by atoms with van der Waals surface area (Å²) < 4.78 is 1.98. The molecule has 2 rings (SSSR count). The second-order valence-corrected chi connectivity index (χ2v) is 6.40. The topological polar surface area (TPSA) is 32.3 Å². The van der Waals surface area contributed by atoms with Gasteiger partial charge in [-0.1, -0.05) is 38.8 Å². The van der Waals surface area contributed by atoms with Crippen LogP contribution in [0.15, 0.2) is 57.5 Å². The fourth-order valence-electron chi connectivity index (χ4n) is 1.92. The highest BCUT2D eigenvalue weighted by Crippen LogP contribution is 2.20. The van der Waals surface area contributed by atoms with Crippen LogP contribution in [0.4, 0.5) is 16.2 Å². The Balaban J connectivity index is 2.15. The van der Waals surface area contributed by atoms with Crippen molar-refractivity contribution < 1.29 is 4.79 Å². The Morgan fingerprint density at radius 1 is 1.00 bits per heavy atom. The van der Waals surface area contributed by atoms with Crippen LogP contribution in [0, 0.1) is 0 Å². The minimum Gasteiger partial charge on any atom is -0.308 e. The van der Waals surface area contributed by atoms with E-state index in [1.807, 2.05) is 48.5 Å². The molecule has 0 fully saturated rings. The molecule has 0 aromatic heterocycles. The van der Waals surface area contributed by atoms with E-state index in [9.17, 15) is 4.79 Å². The first-order chi connectivity index (χ1) is 10.1. The Kier molecular flexibility index (Phi) is 5.82. The van der Waals surface area contributed by atoms with Gasteiger partial charge in [-0.3, -0.25) is 4.90 Å². The zero-order valence-electron chi connectivity index (χ0n) is 11.6. The molecule has 0 saturated heterocycles. The number of carbonyl (C=O) groups excluding carboxylic acids is 1. The van der Waals surface area contributed by atoms with Crippen LogP contribution in [-0.4, -0.2) is 12.6 Å². The van der Waals surface area contributed by atoms with Gasteiger partial charge in [0.15, 0.2) is 0 Å². The van der Waals surface area contributed by atoms with Crippen molar-refractivity contribution in [1.82, 2.24) is 0 Å². The molecule has 2 amide bonds. The predicted molar refractivity (Wildman–Crippen MR) is 94.9 cm³/mol. The number of nitrogens with one attached hydrogen (secondary N) is 1. The Hall–Kier alpha value is -1.33. The molecule has 2 aromatic carbocycles. The fraction of sp³-hybridized carbons (Fsp3) is 0.188. The van der Waals surface area contributed by atoms with Gasteiger partial charge in [-0.25, -0.2) is 4.79 Å². The minimum absolute atomic E-state index is 0.124. The summed E-state index contributed by atoms with van der Waals surface area (Å²) in [7, 11) is 0. The Morgan fingerprint density at radius 3 is 2.05 bits per heavy atom. The van der Waals surface area contributed by atoms with Gasteiger partial charge in [0.05, 0.1) is 0 Å². The van der Waals surface area contributed by atoms with E-state index in [0.29, 0.717) is 6.54 Å². The highest BCUT2D eigenvalue weighted by Gasteiger charge is 2.14. The first kappa shape index (κ1) is 16.0. The number of rotatable bonds is 4. The summed E-state index contributed by atoms with van der Waals surface area (Å²) in [6, 6.07) is 15.2. The molecule has 5 heteroatoms. The molecule has 0 aliphatic carbocycles. The molecule has 0 aliphatic heterocycles. The van der Waals surface area contributed by atoms with Crippen molar-refractivity contribution in [1.29, 1.82) is 0 Å². The lowest BCUT2D eigenvalue weighted by Crippen LogP contribution is -2.35. The third-order valence-electron chi connectivity index (χ3n) is 2.93. The van der Waals surface area contributed by atoms with Crippen LogP contribution in [0.25, 0.3) is 0 Å². The van der Waals surface area contributed by atoms with E-state index in [0.717, 1.165) is 26.7 Å². The summed E-state index contributed by atoms with van der Waals surface area (Å²) in [4.78, 5) is 14.2. The lowest BCUT2D eigenvalue weighted by molar-refractivity contribution is 0.257. The molecule has 21 heavy (non-hydrogen) atoms. The highest BCUT2D eigenvalue weighted by molar-refractivity contribution is 9.10. The Morgan fingerprint density at radius 2 is 1.52 bits per heavy atom. The average molecular weight is 412 g/mol. The van der Waals surface area contributed by atoms with Crippen molar-refractivity contribution in [2.45, 2.75) is 13.3 Å². The first-order valence-electron chi connectivity index (χ1n) is 6.70. The molecule has 0 bridgehead atoms. The van der Waals surface area contributed by atoms with Gasteiger partial charge in [0.25, 0.3) is 0 Å². The monoisotopic (exact) mass is 410 g/mol. The quantitative estimate of drug-likeness (QED) is 0.691. The van der Waals surface area contributed by atoms with Crippen molar-refractivity contribution in [2.24, 2.45) is 0 Å². The fourth-order valence-corrected chi connectivity index (χ4v) is 2.45. The van der Waals surface area contributed by atoms with E-state index < -0.39 is 0 Å². The van der Waals surface area contributed by atoms with E-state index >= 15 is 0 Å². The maximum atomic E-state index is 12.5. The standard InChI is InChI=1S/C16H16Br2N2O/c1-2-11-20(15-9-5-13(18)6-10-15)16(21)19-14-7-3-12(17)4-8-14/h3-10H,2,11H2,1H3,(H,19,21). The molecular weight excluding hydrogens is 396 g/mol. The predicted octanol–water partition coefficient (Wildman–Crippen LogP) is 5.66. The van der Waals surface area contributed by atoms with Gasteiger partial charge in [-0.15, -0.1) is 0 Å². The maximum Gasteiger partial charge on any atom is 0.326 e. The number of hydrogen-bond donors (Lipinski definition) is 1. The van der Waals surface area contributed by atoms with Crippen molar-refractivity contribution in [2.75, 3.05) is 16.8 Å². The molecule has 0 aliphatic rings. The average Bonchev–Trinajstić information content (AvgIpc) is 2.48. The number of carbonyl (C=O) groups is 1. The minimum atomic E-state index is -0.124. The number of amides is 2. The van der Waals surface area contributed by atoms with Gasteiger partial charge in [-0.2, -0.15) is 0 Å². The largest absolute Gasteiger partial charge is 0.326 e. The van der Waals surface area contributed by atoms with Crippen LogP contribution in [0.1, 0.15) is 13.3 Å². The van der Waals surface area contributed by atoms with Gasteiger partial charge >= 0.3 is 6.03 Å². The number of urea groups is 1. The number of halogens is 2. The maximum absolute atomic E-state index is 12.5. The number of hydrogen-bond acceptors (Lipinski definition) is 1. The summed E-state index contributed by atoms with van der Waals surface area (Å²) >= 11 is 6.79. The van der Waals surface area contributed by atoms with Crippen LogP contribution < -0.4 is 10.2 Å². The van der Waals surface area contributed by atoms with E-state index in [-0.39, 0.29) is 6.03 Å². The van der Waals surface area contributed by atoms with Crippen LogP contribution in [-0.2, 0) is 0 Å². The third kappa shape index (κ3) is 4.58. The second kappa shape index (κ2) is 7.61. The van der Waals surface area contributed by atoms with Crippen LogP contribution in [0.2, 0.25) is 0 Å². The van der Waals surface area contributed by atoms with E-state index in [2.05, 4.69) is 44.1 Å². The van der Waals surface area contributed by atoms with Crippen molar-refractivity contribution in [3.05, 3.63) is 57.5 Å². The summed E-state index contributed by atoms with van der Waals surface area (Å²) in [6.07, 6.45) is 0.893. The molecule has 0 heterocycles. The summed E-state index contributed by atoms with van der Waals surface area (Å²) in [5, 5.41) is 2.92. The SMILES string of the molecule is CCCN(C(=O)Nc1ccc(Br)cc1)c1ccc(Br)cc1. The molecule has 110 valence electrons. The van der Waals surface area contributed by atoms with Crippen LogP contribution in [0.3, 0.4) is 0 Å². The van der Waals surface area contributed by atoms with Crippen molar-refractivity contribution in [3.8, 4) is 0 Å². The van der Waals surface area contributed by atoms with Crippen LogP contribution in [0.5, 0.6) is 0 Å². The summed E-state index contributed by atoms with van der Waals surface area (Å²) in [6.45, 7) is 2.72. The summed E-state index contributed by atoms with van der Waals surface area (Å²) in [5.74, 6) is 0. The molecule has 0 spiro atoms. The summed E-state index contributed by atoms with van der Waals surface area (Å²) in [5.41, 5.74) is 1.66. The lowest BCUT2D eigenvalue weighted by atomic mass is 10.2. The number of nitrogens with zero attached hydrogens (tertiary/aromatic N) is 1. The zero-order valence-corrected chi connectivity index (χ0v) is 14.8. The van der Waals surface area contributed by atoms with E-state index in [1.54, 1.807) is 4.90 Å². The molecule has 2 aromatic rings. The molecule has 0 radical (unpaired) electrons. The first-order valence-corrected chi connectivity index (χ1v) is 8.28. The van der Waals surface area contributed by atoms with Crippen LogP contribution >= 0.6 is 31.9 Å². The van der Waals surface area contributed by atoms with Crippen molar-refractivity contribution in [3.63, 3.8) is 0 Å². The molecular formula is C16H16Br2N2O. The molecule has 3 nitrogen and oxygen atoms in total. The third-order valence-corrected chi connectivity index (χ3v) is 3.98. The highest BCUT2D eigenvalue weighted by atomic mass is 79.9. The molecule has 0 atom stereocenters. The number of anilines is 2. The molecule has 0 saturated carbocycles. The van der Waals surface area contributed by atoms with Gasteiger partial charge in [-0.05, 0) is 55.0 Å². The smallest absolute Gasteiger partial charge is 0.308 e. The van der Waals surface area contributed by atoms with E-state index in [1.165, 1.54) is 0 Å². The normalized spacial score (nSPS) is 10.2. The number of benzene rings is 2. The van der Waals surface area contributed by atoms with Gasteiger partial charge in [0.1, 0.15) is 0 Å². The molecule has 0 unspecified atom stereocenters. The Bertz CT molecular complexity index is 597. The van der Waals surface area contributed by atoms with Crippen molar-refractivity contribution >= 4 is 49.3 Å².